The van der Waals surface area contributed by atoms with E-state index >= 15 is 0 Å². The first-order chi connectivity index (χ1) is 14.0. The lowest BCUT2D eigenvalue weighted by Crippen LogP contribution is -2.58. The molecule has 0 saturated carbocycles. The molecular formula is C21H13AlF8. The SMILES string of the molecule is Cc1c[c]([Al]([c]2c(F)cc(F)c(F)c2C)[c]2c(F)cc(F)c(F)c2C)c(F)cc1F. The minimum atomic E-state index is -3.76. The summed E-state index contributed by atoms with van der Waals surface area (Å²) in [5.74, 6) is -10.6. The molecule has 156 valence electrons. The van der Waals surface area contributed by atoms with Crippen LogP contribution in [0.1, 0.15) is 16.7 Å². The standard InChI is InChI=1S/2C7H4F3.C7H5F2.Al/c2*1-4-2-5(8)3-6(9)7(4)10;1-5-2-3-6(8)4-7(5)9;/h2*3H,1H3;2,4H,1H3;. The molecule has 3 aromatic rings. The van der Waals surface area contributed by atoms with Gasteiger partial charge in [0.15, 0.2) is 23.3 Å². The molecule has 0 fully saturated rings. The molecule has 0 aliphatic carbocycles. The summed E-state index contributed by atoms with van der Waals surface area (Å²) in [5.41, 5.74) is -1.20. The van der Waals surface area contributed by atoms with Crippen LogP contribution in [-0.4, -0.2) is 14.1 Å². The average molecular weight is 444 g/mol. The number of hydrogen-bond donors (Lipinski definition) is 0. The van der Waals surface area contributed by atoms with Gasteiger partial charge in [0.25, 0.3) is 0 Å². The van der Waals surface area contributed by atoms with Gasteiger partial charge in [-0.05, 0) is 37.5 Å². The Bertz CT molecular complexity index is 1110. The van der Waals surface area contributed by atoms with E-state index in [4.69, 9.17) is 0 Å². The Hall–Kier alpha value is -2.37. The van der Waals surface area contributed by atoms with Crippen LogP contribution in [-0.2, 0) is 0 Å². The number of rotatable bonds is 3. The summed E-state index contributed by atoms with van der Waals surface area (Å²) < 4.78 is 112. The highest BCUT2D eigenvalue weighted by atomic mass is 27.2. The molecule has 0 aromatic heterocycles. The molecule has 3 rings (SSSR count). The zero-order valence-corrected chi connectivity index (χ0v) is 17.1. The fraction of sp³-hybridized carbons (Fsp3) is 0.143. The second-order valence-corrected chi connectivity index (χ2v) is 9.58. The molecule has 0 unspecified atom stereocenters. The van der Waals surface area contributed by atoms with Gasteiger partial charge in [-0.15, -0.1) is 0 Å². The molecule has 0 amide bonds. The molecule has 3 aromatic carbocycles. The molecule has 0 radical (unpaired) electrons. The van der Waals surface area contributed by atoms with Crippen molar-refractivity contribution in [1.29, 1.82) is 0 Å². The van der Waals surface area contributed by atoms with Gasteiger partial charge in [0.2, 0.25) is 0 Å². The Labute approximate surface area is 171 Å². The van der Waals surface area contributed by atoms with E-state index in [-0.39, 0.29) is 22.1 Å². The van der Waals surface area contributed by atoms with Crippen LogP contribution in [0.5, 0.6) is 0 Å². The molecule has 0 aliphatic rings. The third-order valence-corrected chi connectivity index (χ3v) is 8.71. The van der Waals surface area contributed by atoms with Crippen molar-refractivity contribution in [3.8, 4) is 0 Å². The third kappa shape index (κ3) is 3.61. The molecule has 0 saturated heterocycles. The summed E-state index contributed by atoms with van der Waals surface area (Å²) in [5, 5.41) is 0. The molecule has 0 spiro atoms. The monoisotopic (exact) mass is 444 g/mol. The number of benzene rings is 3. The van der Waals surface area contributed by atoms with Crippen LogP contribution in [0.25, 0.3) is 0 Å². The topological polar surface area (TPSA) is 0 Å². The molecular weight excluding hydrogens is 431 g/mol. The van der Waals surface area contributed by atoms with Crippen molar-refractivity contribution in [2.24, 2.45) is 0 Å². The molecule has 0 atom stereocenters. The Morgan fingerprint density at radius 2 is 0.900 bits per heavy atom. The molecule has 0 N–H and O–H groups in total. The highest BCUT2D eigenvalue weighted by Gasteiger charge is 2.38. The lowest BCUT2D eigenvalue weighted by molar-refractivity contribution is 0.491. The van der Waals surface area contributed by atoms with Crippen LogP contribution in [0.15, 0.2) is 24.3 Å². The summed E-state index contributed by atoms with van der Waals surface area (Å²) in [7, 11) is 0. The maximum absolute atomic E-state index is 14.8. The molecule has 0 heterocycles. The summed E-state index contributed by atoms with van der Waals surface area (Å²) in [4.78, 5) is 0. The highest BCUT2D eigenvalue weighted by Crippen LogP contribution is 2.18. The maximum Gasteiger partial charge on any atom is 0.398 e. The number of aryl methyl sites for hydroxylation is 1. The first kappa shape index (κ1) is 22.3. The van der Waals surface area contributed by atoms with Crippen LogP contribution >= 0.6 is 0 Å². The number of hydrogen-bond acceptors (Lipinski definition) is 0. The van der Waals surface area contributed by atoms with Crippen LogP contribution in [0.4, 0.5) is 35.1 Å². The van der Waals surface area contributed by atoms with Crippen molar-refractivity contribution in [3.63, 3.8) is 0 Å². The first-order valence-electron chi connectivity index (χ1n) is 8.69. The second kappa shape index (κ2) is 8.05. The van der Waals surface area contributed by atoms with Crippen molar-refractivity contribution in [1.82, 2.24) is 0 Å². The van der Waals surface area contributed by atoms with E-state index in [1.54, 1.807) is 0 Å². The zero-order valence-electron chi connectivity index (χ0n) is 15.9. The number of halogens is 8. The minimum absolute atomic E-state index is 0.0785. The van der Waals surface area contributed by atoms with Crippen molar-refractivity contribution in [2.45, 2.75) is 20.8 Å². The smallest absolute Gasteiger partial charge is 0.208 e. The predicted octanol–water partition coefficient (Wildman–Crippen LogP) is 4.24. The van der Waals surface area contributed by atoms with E-state index in [1.165, 1.54) is 6.92 Å². The quantitative estimate of drug-likeness (QED) is 0.322. The summed E-state index contributed by atoms with van der Waals surface area (Å²) in [6.45, 7) is 3.29. The van der Waals surface area contributed by atoms with Crippen molar-refractivity contribution < 1.29 is 35.1 Å². The molecule has 0 nitrogen and oxygen atoms in total. The zero-order chi connectivity index (χ0) is 22.5. The van der Waals surface area contributed by atoms with Crippen LogP contribution < -0.4 is 13.3 Å². The first-order valence-corrected chi connectivity index (χ1v) is 10.4. The Morgan fingerprint density at radius 1 is 0.500 bits per heavy atom. The van der Waals surface area contributed by atoms with E-state index in [0.717, 1.165) is 19.9 Å². The van der Waals surface area contributed by atoms with Gasteiger partial charge in [-0.3, -0.25) is 0 Å². The van der Waals surface area contributed by atoms with Crippen molar-refractivity contribution in [2.75, 3.05) is 0 Å². The van der Waals surface area contributed by atoms with E-state index < -0.39 is 80.7 Å². The van der Waals surface area contributed by atoms with Gasteiger partial charge in [0, 0.05) is 18.2 Å². The highest BCUT2D eigenvalue weighted by molar-refractivity contribution is 6.96. The Morgan fingerprint density at radius 3 is 1.33 bits per heavy atom. The lowest BCUT2D eigenvalue weighted by atomic mass is 10.2. The predicted molar refractivity (Wildman–Crippen MR) is 97.9 cm³/mol. The molecule has 9 heteroatoms. The molecule has 0 bridgehead atoms. The van der Waals surface area contributed by atoms with Gasteiger partial charge in [-0.1, -0.05) is 19.3 Å². The lowest BCUT2D eigenvalue weighted by Gasteiger charge is -2.21. The van der Waals surface area contributed by atoms with Gasteiger partial charge in [0.1, 0.15) is 23.3 Å². The minimum Gasteiger partial charge on any atom is -0.208 e. The van der Waals surface area contributed by atoms with Crippen LogP contribution in [0, 0.1) is 67.3 Å². The van der Waals surface area contributed by atoms with E-state index in [9.17, 15) is 35.1 Å². The maximum atomic E-state index is 14.8. The van der Waals surface area contributed by atoms with E-state index in [1.807, 2.05) is 0 Å². The summed E-state index contributed by atoms with van der Waals surface area (Å²) >= 11 is -3.76. The average Bonchev–Trinajstić information content (AvgIpc) is 2.66. The normalized spacial score (nSPS) is 11.2. The Balaban J connectivity index is 2.50. The van der Waals surface area contributed by atoms with E-state index in [0.29, 0.717) is 6.07 Å². The van der Waals surface area contributed by atoms with Gasteiger partial charge in [-0.25, -0.2) is 35.1 Å². The fourth-order valence-corrected chi connectivity index (χ4v) is 7.05. The Kier molecular flexibility index (Phi) is 5.99. The summed E-state index contributed by atoms with van der Waals surface area (Å²) in [6.07, 6.45) is 0. The fourth-order valence-electron chi connectivity index (χ4n) is 3.52. The van der Waals surface area contributed by atoms with Gasteiger partial charge < -0.3 is 0 Å². The third-order valence-electron chi connectivity index (χ3n) is 5.07. The second-order valence-electron chi connectivity index (χ2n) is 6.94. The van der Waals surface area contributed by atoms with Crippen LogP contribution in [0.3, 0.4) is 0 Å². The largest absolute Gasteiger partial charge is 0.398 e. The molecule has 30 heavy (non-hydrogen) atoms. The van der Waals surface area contributed by atoms with E-state index in [2.05, 4.69) is 0 Å². The van der Waals surface area contributed by atoms with Gasteiger partial charge in [0.05, 0.1) is 0 Å². The van der Waals surface area contributed by atoms with Gasteiger partial charge >= 0.3 is 14.1 Å². The van der Waals surface area contributed by atoms with Crippen LogP contribution in [0.2, 0.25) is 0 Å². The molecule has 0 aliphatic heterocycles. The summed E-state index contributed by atoms with van der Waals surface area (Å²) in [6, 6.07) is 1.92. The van der Waals surface area contributed by atoms with Gasteiger partial charge in [-0.2, -0.15) is 0 Å². The van der Waals surface area contributed by atoms with Crippen molar-refractivity contribution in [3.05, 3.63) is 87.5 Å². The van der Waals surface area contributed by atoms with Crippen molar-refractivity contribution >= 4 is 27.4 Å².